The number of carboxylic acids is 1. The molecular weight excluding hydrogens is 522 g/mol. The molecule has 5 N–H and O–H groups in total. The van der Waals surface area contributed by atoms with Crippen molar-refractivity contribution in [2.24, 2.45) is 0 Å². The van der Waals surface area contributed by atoms with Gasteiger partial charge in [0.25, 0.3) is 0 Å². The van der Waals surface area contributed by atoms with Gasteiger partial charge >= 0.3 is 5.97 Å². The molecule has 0 fully saturated rings. The van der Waals surface area contributed by atoms with Crippen LogP contribution in [0.3, 0.4) is 0 Å². The summed E-state index contributed by atoms with van der Waals surface area (Å²) in [5, 5.41) is 38.3. The SMILES string of the molecule is [C-]#[N+]c1c(N)nc(SCc2nc(-c3ccccc3)oc2C(=O)O)c(C#N)c1-c1ccc(OC[C@H](O)CO)cc1. The van der Waals surface area contributed by atoms with E-state index in [2.05, 4.69) is 20.9 Å². The Morgan fingerprint density at radius 3 is 2.51 bits per heavy atom. The summed E-state index contributed by atoms with van der Waals surface area (Å²) in [5.41, 5.74) is 7.72. The molecule has 0 radical (unpaired) electrons. The van der Waals surface area contributed by atoms with Crippen LogP contribution in [0.15, 0.2) is 64.0 Å². The highest BCUT2D eigenvalue weighted by Gasteiger charge is 2.24. The first-order valence-corrected chi connectivity index (χ1v) is 12.4. The molecular formula is C27H21N5O6S. The summed E-state index contributed by atoms with van der Waals surface area (Å²) in [7, 11) is 0. The molecule has 0 aliphatic heterocycles. The number of carbonyl (C=O) groups is 1. The van der Waals surface area contributed by atoms with Crippen LogP contribution in [0, 0.1) is 17.9 Å². The van der Waals surface area contributed by atoms with Crippen LogP contribution in [0.5, 0.6) is 5.75 Å². The lowest BCUT2D eigenvalue weighted by atomic mass is 10.00. The van der Waals surface area contributed by atoms with Crippen molar-refractivity contribution in [3.8, 4) is 34.4 Å². The zero-order valence-corrected chi connectivity index (χ0v) is 21.1. The number of benzene rings is 2. The molecule has 0 unspecified atom stereocenters. The van der Waals surface area contributed by atoms with Crippen molar-refractivity contribution in [1.82, 2.24) is 9.97 Å². The number of nitrogen functional groups attached to an aromatic ring is 1. The number of hydrogen-bond donors (Lipinski definition) is 4. The average Bonchev–Trinajstić information content (AvgIpc) is 3.40. The van der Waals surface area contributed by atoms with E-state index in [0.29, 0.717) is 16.9 Å². The van der Waals surface area contributed by atoms with Crippen LogP contribution >= 0.6 is 11.8 Å². The van der Waals surface area contributed by atoms with Gasteiger partial charge in [0.2, 0.25) is 17.3 Å². The summed E-state index contributed by atoms with van der Waals surface area (Å²) in [6, 6.07) is 17.4. The Morgan fingerprint density at radius 2 is 1.90 bits per heavy atom. The second-order valence-electron chi connectivity index (χ2n) is 8.05. The Labute approximate surface area is 227 Å². The number of aliphatic hydroxyl groups is 2. The molecule has 1 atom stereocenters. The molecule has 39 heavy (non-hydrogen) atoms. The van der Waals surface area contributed by atoms with Gasteiger partial charge in [-0.15, -0.1) is 0 Å². The highest BCUT2D eigenvalue weighted by Crippen LogP contribution is 2.42. The predicted octanol–water partition coefficient (Wildman–Crippen LogP) is 4.13. The van der Waals surface area contributed by atoms with E-state index in [9.17, 15) is 20.3 Å². The van der Waals surface area contributed by atoms with Crippen LogP contribution in [0.1, 0.15) is 21.8 Å². The third kappa shape index (κ3) is 6.00. The fourth-order valence-electron chi connectivity index (χ4n) is 3.59. The zero-order valence-electron chi connectivity index (χ0n) is 20.2. The number of aromatic nitrogens is 2. The molecule has 11 nitrogen and oxygen atoms in total. The van der Waals surface area contributed by atoms with Gasteiger partial charge in [-0.3, -0.25) is 0 Å². The van der Waals surface area contributed by atoms with Crippen molar-refractivity contribution >= 4 is 29.2 Å². The lowest BCUT2D eigenvalue weighted by Crippen LogP contribution is -2.21. The number of aromatic carboxylic acids is 1. The molecule has 4 aromatic rings. The summed E-state index contributed by atoms with van der Waals surface area (Å²) < 4.78 is 10.9. The first-order chi connectivity index (χ1) is 18.9. The van der Waals surface area contributed by atoms with Gasteiger partial charge in [0, 0.05) is 16.9 Å². The number of anilines is 1. The van der Waals surface area contributed by atoms with E-state index >= 15 is 0 Å². The quantitative estimate of drug-likeness (QED) is 0.167. The third-order valence-corrected chi connectivity index (χ3v) is 6.43. The monoisotopic (exact) mass is 543 g/mol. The van der Waals surface area contributed by atoms with Crippen molar-refractivity contribution < 1.29 is 29.3 Å². The van der Waals surface area contributed by atoms with E-state index < -0.39 is 18.7 Å². The molecule has 4 rings (SSSR count). The number of oxazole rings is 1. The van der Waals surface area contributed by atoms with E-state index in [1.165, 1.54) is 0 Å². The number of carboxylic acid groups (broad SMARTS) is 1. The van der Waals surface area contributed by atoms with Crippen LogP contribution in [0.2, 0.25) is 0 Å². The van der Waals surface area contributed by atoms with Crippen molar-refractivity contribution in [3.05, 3.63) is 83.0 Å². The number of ether oxygens (including phenoxy) is 1. The number of nitrogens with zero attached hydrogens (tertiary/aromatic N) is 4. The lowest BCUT2D eigenvalue weighted by Gasteiger charge is -2.14. The van der Waals surface area contributed by atoms with Gasteiger partial charge in [0.1, 0.15) is 41.1 Å². The van der Waals surface area contributed by atoms with E-state index in [0.717, 1.165) is 11.8 Å². The molecule has 0 saturated carbocycles. The number of nitriles is 1. The fraction of sp³-hybridized carbons (Fsp3) is 0.148. The van der Waals surface area contributed by atoms with E-state index in [-0.39, 0.29) is 57.4 Å². The second kappa shape index (κ2) is 12.1. The van der Waals surface area contributed by atoms with Gasteiger partial charge in [-0.25, -0.2) is 19.6 Å². The van der Waals surface area contributed by atoms with Crippen molar-refractivity contribution in [1.29, 1.82) is 5.26 Å². The molecule has 2 aromatic heterocycles. The van der Waals surface area contributed by atoms with E-state index in [1.807, 2.05) is 6.07 Å². The van der Waals surface area contributed by atoms with Crippen LogP contribution in [0.4, 0.5) is 11.5 Å². The average molecular weight is 544 g/mol. The molecule has 2 aromatic carbocycles. The molecule has 0 spiro atoms. The first kappa shape index (κ1) is 27.2. The number of pyridine rings is 1. The van der Waals surface area contributed by atoms with Crippen LogP contribution < -0.4 is 10.5 Å². The largest absolute Gasteiger partial charge is 0.491 e. The highest BCUT2D eigenvalue weighted by atomic mass is 32.2. The summed E-state index contributed by atoms with van der Waals surface area (Å²) in [6.07, 6.45) is -1.03. The van der Waals surface area contributed by atoms with Gasteiger partial charge < -0.3 is 30.2 Å². The minimum atomic E-state index is -1.29. The Bertz CT molecular complexity index is 1580. The topological polar surface area (TPSA) is 180 Å². The molecule has 0 amide bonds. The van der Waals surface area contributed by atoms with Crippen LogP contribution in [-0.2, 0) is 5.75 Å². The van der Waals surface area contributed by atoms with Crippen molar-refractivity contribution in [2.45, 2.75) is 16.9 Å². The predicted molar refractivity (Wildman–Crippen MR) is 142 cm³/mol. The first-order valence-electron chi connectivity index (χ1n) is 11.4. The normalized spacial score (nSPS) is 11.4. The molecule has 0 aliphatic rings. The summed E-state index contributed by atoms with van der Waals surface area (Å²) in [4.78, 5) is 23.9. The third-order valence-electron chi connectivity index (χ3n) is 5.44. The molecule has 196 valence electrons. The Balaban J connectivity index is 1.68. The number of nitrogens with two attached hydrogens (primary N) is 1. The number of aliphatic hydroxyl groups excluding tert-OH is 2. The molecule has 0 aliphatic carbocycles. The van der Waals surface area contributed by atoms with Gasteiger partial charge in [-0.2, -0.15) is 5.26 Å². The van der Waals surface area contributed by atoms with Crippen LogP contribution in [-0.4, -0.2) is 50.6 Å². The summed E-state index contributed by atoms with van der Waals surface area (Å²) in [5.74, 6) is -1.13. The zero-order chi connectivity index (χ0) is 27.9. The van der Waals surface area contributed by atoms with E-state index in [4.69, 9.17) is 26.6 Å². The Morgan fingerprint density at radius 1 is 1.18 bits per heavy atom. The maximum atomic E-state index is 11.8. The van der Waals surface area contributed by atoms with Gasteiger partial charge in [-0.05, 0) is 29.8 Å². The van der Waals surface area contributed by atoms with Gasteiger partial charge in [0.15, 0.2) is 0 Å². The Kier molecular flexibility index (Phi) is 8.43. The molecule has 2 heterocycles. The van der Waals surface area contributed by atoms with Crippen molar-refractivity contribution in [3.63, 3.8) is 0 Å². The van der Waals surface area contributed by atoms with E-state index in [1.54, 1.807) is 48.5 Å². The lowest BCUT2D eigenvalue weighted by molar-refractivity contribution is 0.0536. The number of thioether (sulfide) groups is 1. The summed E-state index contributed by atoms with van der Waals surface area (Å²) >= 11 is 1.05. The van der Waals surface area contributed by atoms with Gasteiger partial charge in [-0.1, -0.05) is 42.1 Å². The highest BCUT2D eigenvalue weighted by molar-refractivity contribution is 7.98. The Hall–Kier alpha value is -4.88. The number of rotatable bonds is 10. The number of hydrogen-bond acceptors (Lipinski definition) is 10. The second-order valence-corrected chi connectivity index (χ2v) is 9.01. The molecule has 0 saturated heterocycles. The van der Waals surface area contributed by atoms with Gasteiger partial charge in [0.05, 0.1) is 18.7 Å². The summed E-state index contributed by atoms with van der Waals surface area (Å²) in [6.45, 7) is 7.07. The smallest absolute Gasteiger partial charge is 0.373 e. The minimum absolute atomic E-state index is 0.000652. The fourth-order valence-corrected chi connectivity index (χ4v) is 4.52. The van der Waals surface area contributed by atoms with Crippen LogP contribution in [0.25, 0.3) is 27.4 Å². The standard InChI is InChI=1S/C27H21N5O6S/c1-30-22-21(15-7-9-18(10-8-15)37-13-17(34)12-33)19(11-28)26(32-24(22)29)39-14-20-23(27(35)36)38-25(31-20)16-5-3-2-4-6-16/h2-10,17,33-34H,12-14H2,(H2,29,32)(H,35,36)/t17-/m1/s1. The molecule has 12 heteroatoms. The van der Waals surface area contributed by atoms with Crippen molar-refractivity contribution in [2.75, 3.05) is 18.9 Å². The molecule has 0 bridgehead atoms. The minimum Gasteiger partial charge on any atom is -0.491 e. The maximum Gasteiger partial charge on any atom is 0.373 e. The maximum absolute atomic E-state index is 11.8.